The van der Waals surface area contributed by atoms with E-state index < -0.39 is 0 Å². The van der Waals surface area contributed by atoms with Gasteiger partial charge >= 0.3 is 0 Å². The maximum Gasteiger partial charge on any atom is 0.259 e. The van der Waals surface area contributed by atoms with Crippen molar-refractivity contribution in [2.75, 3.05) is 29.9 Å². The highest BCUT2D eigenvalue weighted by Gasteiger charge is 2.15. The Morgan fingerprint density at radius 2 is 1.55 bits per heavy atom. The molecule has 6 heteroatoms. The van der Waals surface area contributed by atoms with E-state index in [2.05, 4.69) is 24.1 Å². The zero-order valence-corrected chi connectivity index (χ0v) is 18.4. The molecular weight excluding hydrogens is 412 g/mol. The normalized spacial score (nSPS) is 10.4. The van der Waals surface area contributed by atoms with Crippen molar-refractivity contribution in [3.05, 3.63) is 88.9 Å². The lowest BCUT2D eigenvalue weighted by atomic mass is 10.1. The molecule has 0 aliphatic heterocycles. The zero-order chi connectivity index (χ0) is 22.2. The third-order valence-corrected chi connectivity index (χ3v) is 5.16. The Bertz CT molecular complexity index is 1030. The highest BCUT2D eigenvalue weighted by molar-refractivity contribution is 6.30. The Morgan fingerprint density at radius 3 is 2.19 bits per heavy atom. The van der Waals surface area contributed by atoms with Crippen LogP contribution in [0.4, 0.5) is 11.4 Å². The number of nitrogens with zero attached hydrogens (tertiary/aromatic N) is 1. The Morgan fingerprint density at radius 1 is 0.903 bits per heavy atom. The van der Waals surface area contributed by atoms with Crippen LogP contribution in [0.15, 0.2) is 72.8 Å². The van der Waals surface area contributed by atoms with Crippen LogP contribution in [0.2, 0.25) is 5.02 Å². The van der Waals surface area contributed by atoms with Gasteiger partial charge in [-0.3, -0.25) is 9.59 Å². The molecule has 3 aromatic rings. The first kappa shape index (κ1) is 22.4. The van der Waals surface area contributed by atoms with Gasteiger partial charge < -0.3 is 15.0 Å². The fraction of sp³-hybridized carbons (Fsp3) is 0.200. The maximum atomic E-state index is 12.8. The van der Waals surface area contributed by atoms with Crippen LogP contribution in [0, 0.1) is 0 Å². The molecule has 0 aromatic heterocycles. The molecule has 3 rings (SSSR count). The molecule has 1 amide bonds. The van der Waals surface area contributed by atoms with Crippen LogP contribution in [-0.4, -0.2) is 31.4 Å². The molecular formula is C25H25ClN2O3. The quantitative estimate of drug-likeness (QED) is 0.437. The van der Waals surface area contributed by atoms with E-state index in [1.54, 1.807) is 48.5 Å². The Kier molecular flexibility index (Phi) is 7.68. The number of para-hydroxylation sites is 1. The molecule has 0 spiro atoms. The molecule has 0 unspecified atom stereocenters. The van der Waals surface area contributed by atoms with Crippen LogP contribution in [0.25, 0.3) is 0 Å². The number of amides is 1. The smallest absolute Gasteiger partial charge is 0.259 e. The maximum absolute atomic E-state index is 12.8. The number of nitrogens with one attached hydrogen (secondary N) is 1. The Balaban J connectivity index is 1.67. The first-order valence-corrected chi connectivity index (χ1v) is 10.6. The molecule has 0 atom stereocenters. The fourth-order valence-corrected chi connectivity index (χ4v) is 3.31. The molecule has 0 aliphatic carbocycles. The SMILES string of the molecule is CCN(CC)c1ccc(NC(=O)c2ccccc2OCC(=O)c2ccc(Cl)cc2)cc1. The van der Waals surface area contributed by atoms with Gasteiger partial charge in [0.25, 0.3) is 5.91 Å². The van der Waals surface area contributed by atoms with E-state index in [-0.39, 0.29) is 18.3 Å². The number of carbonyl (C=O) groups excluding carboxylic acids is 2. The number of Topliss-reactive ketones (excluding diaryl/α,β-unsaturated/α-hetero) is 1. The number of benzene rings is 3. The minimum atomic E-state index is -0.301. The summed E-state index contributed by atoms with van der Waals surface area (Å²) in [6.45, 7) is 5.87. The van der Waals surface area contributed by atoms with Crippen molar-refractivity contribution in [1.29, 1.82) is 0 Å². The van der Waals surface area contributed by atoms with E-state index in [1.807, 2.05) is 24.3 Å². The lowest BCUT2D eigenvalue weighted by Crippen LogP contribution is -2.21. The summed E-state index contributed by atoms with van der Waals surface area (Å²) in [4.78, 5) is 27.4. The van der Waals surface area contributed by atoms with Crippen molar-refractivity contribution in [1.82, 2.24) is 0 Å². The van der Waals surface area contributed by atoms with Crippen molar-refractivity contribution in [3.8, 4) is 5.75 Å². The van der Waals surface area contributed by atoms with E-state index in [0.717, 1.165) is 18.8 Å². The number of carbonyl (C=O) groups is 2. The molecule has 0 aliphatic rings. The molecule has 31 heavy (non-hydrogen) atoms. The monoisotopic (exact) mass is 436 g/mol. The predicted molar refractivity (Wildman–Crippen MR) is 126 cm³/mol. The summed E-state index contributed by atoms with van der Waals surface area (Å²) in [5.41, 5.74) is 2.65. The number of ketones is 1. The van der Waals surface area contributed by atoms with E-state index in [9.17, 15) is 9.59 Å². The zero-order valence-electron chi connectivity index (χ0n) is 17.6. The van der Waals surface area contributed by atoms with Gasteiger partial charge in [-0.1, -0.05) is 23.7 Å². The molecule has 160 valence electrons. The van der Waals surface area contributed by atoms with Gasteiger partial charge in [0, 0.05) is 35.1 Å². The number of halogens is 1. The minimum Gasteiger partial charge on any atom is -0.485 e. The number of anilines is 2. The minimum absolute atomic E-state index is 0.176. The second-order valence-electron chi connectivity index (χ2n) is 6.89. The first-order chi connectivity index (χ1) is 15.0. The van der Waals surface area contributed by atoms with Gasteiger partial charge in [-0.15, -0.1) is 0 Å². The summed E-state index contributed by atoms with van der Waals surface area (Å²) in [5, 5.41) is 3.45. The standard InChI is InChI=1S/C25H25ClN2O3/c1-3-28(4-2)21-15-13-20(14-16-21)27-25(30)22-7-5-6-8-24(22)31-17-23(29)18-9-11-19(26)12-10-18/h5-16H,3-4,17H2,1-2H3,(H,27,30). The topological polar surface area (TPSA) is 58.6 Å². The molecule has 3 aromatic carbocycles. The van der Waals surface area contributed by atoms with Crippen LogP contribution in [-0.2, 0) is 0 Å². The van der Waals surface area contributed by atoms with Crippen LogP contribution in [0.1, 0.15) is 34.6 Å². The largest absolute Gasteiger partial charge is 0.485 e. The molecule has 0 saturated carbocycles. The third kappa shape index (κ3) is 5.86. The average molecular weight is 437 g/mol. The second-order valence-corrected chi connectivity index (χ2v) is 7.32. The summed E-state index contributed by atoms with van der Waals surface area (Å²) in [6.07, 6.45) is 0. The Labute approximate surface area is 187 Å². The van der Waals surface area contributed by atoms with Crippen molar-refractivity contribution in [2.45, 2.75) is 13.8 Å². The van der Waals surface area contributed by atoms with Gasteiger partial charge in [0.2, 0.25) is 0 Å². The molecule has 0 saturated heterocycles. The molecule has 0 heterocycles. The number of ether oxygens (including phenoxy) is 1. The summed E-state index contributed by atoms with van der Waals surface area (Å²) < 4.78 is 5.67. The van der Waals surface area contributed by atoms with Gasteiger partial charge in [0.15, 0.2) is 12.4 Å². The first-order valence-electron chi connectivity index (χ1n) is 10.2. The molecule has 1 N–H and O–H groups in total. The van der Waals surface area contributed by atoms with Gasteiger partial charge in [0.1, 0.15) is 5.75 Å². The van der Waals surface area contributed by atoms with Crippen molar-refractivity contribution >= 4 is 34.7 Å². The van der Waals surface area contributed by atoms with E-state index in [0.29, 0.717) is 27.6 Å². The molecule has 5 nitrogen and oxygen atoms in total. The van der Waals surface area contributed by atoms with Gasteiger partial charge in [0.05, 0.1) is 5.56 Å². The molecule has 0 fully saturated rings. The third-order valence-electron chi connectivity index (χ3n) is 4.91. The van der Waals surface area contributed by atoms with E-state index in [4.69, 9.17) is 16.3 Å². The lowest BCUT2D eigenvalue weighted by Gasteiger charge is -2.21. The number of hydrogen-bond acceptors (Lipinski definition) is 4. The summed E-state index contributed by atoms with van der Waals surface area (Å²) in [7, 11) is 0. The van der Waals surface area contributed by atoms with Crippen LogP contribution in [0.3, 0.4) is 0 Å². The summed E-state index contributed by atoms with van der Waals surface area (Å²) in [5.74, 6) is -0.147. The summed E-state index contributed by atoms with van der Waals surface area (Å²) in [6, 6.07) is 21.2. The van der Waals surface area contributed by atoms with Gasteiger partial charge in [-0.25, -0.2) is 0 Å². The highest BCUT2D eigenvalue weighted by Crippen LogP contribution is 2.22. The number of hydrogen-bond donors (Lipinski definition) is 1. The van der Waals surface area contributed by atoms with Crippen molar-refractivity contribution in [2.24, 2.45) is 0 Å². The van der Waals surface area contributed by atoms with Crippen LogP contribution >= 0.6 is 11.6 Å². The predicted octanol–water partition coefficient (Wildman–Crippen LogP) is 5.70. The van der Waals surface area contributed by atoms with Crippen LogP contribution < -0.4 is 15.0 Å². The van der Waals surface area contributed by atoms with Gasteiger partial charge in [-0.2, -0.15) is 0 Å². The summed E-state index contributed by atoms with van der Waals surface area (Å²) >= 11 is 5.86. The number of rotatable bonds is 9. The van der Waals surface area contributed by atoms with Crippen molar-refractivity contribution in [3.63, 3.8) is 0 Å². The highest BCUT2D eigenvalue weighted by atomic mass is 35.5. The second kappa shape index (κ2) is 10.6. The van der Waals surface area contributed by atoms with Crippen LogP contribution in [0.5, 0.6) is 5.75 Å². The van der Waals surface area contributed by atoms with E-state index >= 15 is 0 Å². The Hall–Kier alpha value is -3.31. The molecule has 0 bridgehead atoms. The van der Waals surface area contributed by atoms with Crippen molar-refractivity contribution < 1.29 is 14.3 Å². The lowest BCUT2D eigenvalue weighted by molar-refractivity contribution is 0.0914. The van der Waals surface area contributed by atoms with Gasteiger partial charge in [-0.05, 0) is 74.5 Å². The molecule has 0 radical (unpaired) electrons. The fourth-order valence-electron chi connectivity index (χ4n) is 3.19. The average Bonchev–Trinajstić information content (AvgIpc) is 2.80. The van der Waals surface area contributed by atoms with E-state index in [1.165, 1.54) is 0 Å².